The first kappa shape index (κ1) is 16.4. The summed E-state index contributed by atoms with van der Waals surface area (Å²) in [7, 11) is 0. The molecule has 0 aliphatic carbocycles. The Labute approximate surface area is 136 Å². The van der Waals surface area contributed by atoms with Gasteiger partial charge in [0.05, 0.1) is 18.0 Å². The summed E-state index contributed by atoms with van der Waals surface area (Å²) in [5.41, 5.74) is 3.26. The fraction of sp³-hybridized carbons (Fsp3) is 0.278. The molecular weight excluding hydrogens is 298 g/mol. The van der Waals surface area contributed by atoms with Crippen molar-refractivity contribution in [2.45, 2.75) is 20.3 Å². The molecule has 0 spiro atoms. The molecule has 3 nitrogen and oxygen atoms in total. The number of ether oxygens (including phenoxy) is 1. The Morgan fingerprint density at radius 3 is 2.73 bits per heavy atom. The third-order valence-corrected chi connectivity index (χ3v) is 3.69. The second-order valence-electron chi connectivity index (χ2n) is 5.24. The second-order valence-corrected chi connectivity index (χ2v) is 5.64. The van der Waals surface area contributed by atoms with Gasteiger partial charge >= 0.3 is 0 Å². The number of aryl methyl sites for hydroxylation is 2. The Kier molecular flexibility index (Phi) is 5.84. The van der Waals surface area contributed by atoms with Gasteiger partial charge in [-0.3, -0.25) is 4.79 Å². The molecule has 0 atom stereocenters. The molecule has 0 unspecified atom stereocenters. The largest absolute Gasteiger partial charge is 0.490 e. The molecule has 0 fully saturated rings. The SMILES string of the molecule is Cc1ccc(Cl)c(OCCNC(=O)Cc2ccccc2C)c1. The summed E-state index contributed by atoms with van der Waals surface area (Å²) in [6, 6.07) is 13.5. The van der Waals surface area contributed by atoms with Crippen LogP contribution in [-0.2, 0) is 11.2 Å². The lowest BCUT2D eigenvalue weighted by molar-refractivity contribution is -0.120. The van der Waals surface area contributed by atoms with Crippen LogP contribution in [-0.4, -0.2) is 19.1 Å². The first-order valence-corrected chi connectivity index (χ1v) is 7.64. The maximum Gasteiger partial charge on any atom is 0.224 e. The zero-order chi connectivity index (χ0) is 15.9. The molecule has 0 aromatic heterocycles. The lowest BCUT2D eigenvalue weighted by Crippen LogP contribution is -2.29. The maximum atomic E-state index is 11.9. The van der Waals surface area contributed by atoms with Crippen molar-refractivity contribution in [3.63, 3.8) is 0 Å². The molecule has 0 aliphatic rings. The lowest BCUT2D eigenvalue weighted by atomic mass is 10.1. The molecule has 2 aromatic rings. The highest BCUT2D eigenvalue weighted by atomic mass is 35.5. The van der Waals surface area contributed by atoms with E-state index < -0.39 is 0 Å². The number of hydrogen-bond acceptors (Lipinski definition) is 2. The number of hydrogen-bond donors (Lipinski definition) is 1. The molecule has 2 aromatic carbocycles. The van der Waals surface area contributed by atoms with Gasteiger partial charge in [-0.1, -0.05) is 41.9 Å². The van der Waals surface area contributed by atoms with Crippen molar-refractivity contribution in [1.82, 2.24) is 5.32 Å². The minimum absolute atomic E-state index is 0.00626. The van der Waals surface area contributed by atoms with Crippen LogP contribution in [0.4, 0.5) is 0 Å². The van der Waals surface area contributed by atoms with Crippen LogP contribution in [0.15, 0.2) is 42.5 Å². The lowest BCUT2D eigenvalue weighted by Gasteiger charge is -2.10. The first-order valence-electron chi connectivity index (χ1n) is 7.26. The molecule has 0 aliphatic heterocycles. The van der Waals surface area contributed by atoms with E-state index in [9.17, 15) is 4.79 Å². The molecule has 4 heteroatoms. The number of carbonyl (C=O) groups excluding carboxylic acids is 1. The van der Waals surface area contributed by atoms with Crippen molar-refractivity contribution in [2.75, 3.05) is 13.2 Å². The Morgan fingerprint density at radius 2 is 1.95 bits per heavy atom. The van der Waals surface area contributed by atoms with Crippen molar-refractivity contribution in [2.24, 2.45) is 0 Å². The number of amides is 1. The normalized spacial score (nSPS) is 10.3. The van der Waals surface area contributed by atoms with E-state index in [1.807, 2.05) is 56.3 Å². The molecule has 1 amide bonds. The Hall–Kier alpha value is -2.00. The number of halogens is 1. The van der Waals surface area contributed by atoms with Gasteiger partial charge in [-0.05, 0) is 42.7 Å². The zero-order valence-electron chi connectivity index (χ0n) is 12.9. The van der Waals surface area contributed by atoms with Crippen molar-refractivity contribution >= 4 is 17.5 Å². The Bertz CT molecular complexity index is 655. The van der Waals surface area contributed by atoms with Gasteiger partial charge in [0, 0.05) is 0 Å². The molecule has 22 heavy (non-hydrogen) atoms. The fourth-order valence-electron chi connectivity index (χ4n) is 2.12. The summed E-state index contributed by atoms with van der Waals surface area (Å²) in [6.07, 6.45) is 0.387. The van der Waals surface area contributed by atoms with Crippen LogP contribution < -0.4 is 10.1 Å². The van der Waals surface area contributed by atoms with Gasteiger partial charge in [0.1, 0.15) is 12.4 Å². The van der Waals surface area contributed by atoms with E-state index in [1.54, 1.807) is 0 Å². The highest BCUT2D eigenvalue weighted by Gasteiger charge is 2.06. The maximum absolute atomic E-state index is 11.9. The molecule has 0 bridgehead atoms. The summed E-state index contributed by atoms with van der Waals surface area (Å²) >= 11 is 6.05. The molecule has 0 radical (unpaired) electrons. The Balaban J connectivity index is 1.76. The van der Waals surface area contributed by atoms with E-state index in [-0.39, 0.29) is 5.91 Å². The second kappa shape index (κ2) is 7.85. The monoisotopic (exact) mass is 317 g/mol. The van der Waals surface area contributed by atoms with E-state index in [0.29, 0.717) is 30.3 Å². The van der Waals surface area contributed by atoms with Crippen LogP contribution >= 0.6 is 11.6 Å². The quantitative estimate of drug-likeness (QED) is 0.825. The summed E-state index contributed by atoms with van der Waals surface area (Å²) in [4.78, 5) is 11.9. The summed E-state index contributed by atoms with van der Waals surface area (Å²) in [5.74, 6) is 0.642. The average Bonchev–Trinajstić information content (AvgIpc) is 2.49. The van der Waals surface area contributed by atoms with Crippen LogP contribution in [0.5, 0.6) is 5.75 Å². The van der Waals surface area contributed by atoms with Gasteiger partial charge in [0.15, 0.2) is 0 Å². The molecular formula is C18H20ClNO2. The average molecular weight is 318 g/mol. The molecule has 0 heterocycles. The van der Waals surface area contributed by atoms with Gasteiger partial charge in [0.25, 0.3) is 0 Å². The highest BCUT2D eigenvalue weighted by Crippen LogP contribution is 2.24. The van der Waals surface area contributed by atoms with Crippen molar-refractivity contribution < 1.29 is 9.53 Å². The van der Waals surface area contributed by atoms with Crippen LogP contribution in [0, 0.1) is 13.8 Å². The summed E-state index contributed by atoms with van der Waals surface area (Å²) < 4.78 is 5.60. The van der Waals surface area contributed by atoms with Crippen LogP contribution in [0.25, 0.3) is 0 Å². The molecule has 116 valence electrons. The van der Waals surface area contributed by atoms with Gasteiger partial charge in [0.2, 0.25) is 5.91 Å². The number of nitrogens with one attached hydrogen (secondary N) is 1. The molecule has 0 saturated carbocycles. The first-order chi connectivity index (χ1) is 10.6. The summed E-state index contributed by atoms with van der Waals surface area (Å²) in [6.45, 7) is 4.83. The van der Waals surface area contributed by atoms with Gasteiger partial charge in [-0.2, -0.15) is 0 Å². The third kappa shape index (κ3) is 4.78. The minimum Gasteiger partial charge on any atom is -0.490 e. The number of carbonyl (C=O) groups is 1. The van der Waals surface area contributed by atoms with Crippen molar-refractivity contribution in [1.29, 1.82) is 0 Å². The molecule has 1 N–H and O–H groups in total. The van der Waals surface area contributed by atoms with Crippen molar-refractivity contribution in [3.8, 4) is 5.75 Å². The van der Waals surface area contributed by atoms with E-state index >= 15 is 0 Å². The standard InChI is InChI=1S/C18H20ClNO2/c1-13-7-8-16(19)17(11-13)22-10-9-20-18(21)12-15-6-4-3-5-14(15)2/h3-8,11H,9-10,12H2,1-2H3,(H,20,21). The van der Waals surface area contributed by atoms with E-state index in [2.05, 4.69) is 5.32 Å². The predicted molar refractivity (Wildman–Crippen MR) is 89.6 cm³/mol. The van der Waals surface area contributed by atoms with Gasteiger partial charge in [-0.25, -0.2) is 0 Å². The Morgan fingerprint density at radius 1 is 1.18 bits per heavy atom. The molecule has 2 rings (SSSR count). The van der Waals surface area contributed by atoms with Gasteiger partial charge < -0.3 is 10.1 Å². The smallest absolute Gasteiger partial charge is 0.224 e. The zero-order valence-corrected chi connectivity index (χ0v) is 13.6. The molecule has 0 saturated heterocycles. The minimum atomic E-state index is -0.00626. The van der Waals surface area contributed by atoms with Crippen LogP contribution in [0.2, 0.25) is 5.02 Å². The predicted octanol–water partition coefficient (Wildman–Crippen LogP) is 3.69. The van der Waals surface area contributed by atoms with E-state index in [4.69, 9.17) is 16.3 Å². The van der Waals surface area contributed by atoms with E-state index in [1.165, 1.54) is 0 Å². The fourth-order valence-corrected chi connectivity index (χ4v) is 2.29. The topological polar surface area (TPSA) is 38.3 Å². The van der Waals surface area contributed by atoms with E-state index in [0.717, 1.165) is 16.7 Å². The summed E-state index contributed by atoms with van der Waals surface area (Å²) in [5, 5.41) is 3.44. The number of rotatable bonds is 6. The highest BCUT2D eigenvalue weighted by molar-refractivity contribution is 6.32. The number of benzene rings is 2. The van der Waals surface area contributed by atoms with Crippen LogP contribution in [0.3, 0.4) is 0 Å². The third-order valence-electron chi connectivity index (χ3n) is 3.38. The van der Waals surface area contributed by atoms with Crippen LogP contribution in [0.1, 0.15) is 16.7 Å². The van der Waals surface area contributed by atoms with Gasteiger partial charge in [-0.15, -0.1) is 0 Å². The van der Waals surface area contributed by atoms with Crippen molar-refractivity contribution in [3.05, 3.63) is 64.2 Å².